The molecule has 0 radical (unpaired) electrons. The number of benzene rings is 1. The summed E-state index contributed by atoms with van der Waals surface area (Å²) in [5.41, 5.74) is 0.679. The molecule has 152 valence electrons. The Morgan fingerprint density at radius 2 is 1.89 bits per heavy atom. The first kappa shape index (κ1) is 21.5. The Balaban J connectivity index is 1.78. The molecule has 1 N–H and O–H groups in total. The second-order valence-corrected chi connectivity index (χ2v) is 6.94. The zero-order chi connectivity index (χ0) is 19.5. The molecule has 2 rings (SSSR count). The molecular weight excluding hydrogens is 346 g/mol. The molecule has 1 atom stereocenters. The maximum absolute atomic E-state index is 12.2. The summed E-state index contributed by atoms with van der Waals surface area (Å²) in [7, 11) is 3.74. The fraction of sp³-hybridized carbons (Fsp3) is 0.650. The first-order valence-corrected chi connectivity index (χ1v) is 9.71. The zero-order valence-electron chi connectivity index (χ0n) is 16.8. The SMILES string of the molecule is CCCCOc1ccc(NC(=O)OC(COC)CN2CCN(C)CC2)cc1. The number of likely N-dealkylation sites (N-methyl/N-ethyl adjacent to an activating group) is 1. The van der Waals surface area contributed by atoms with E-state index in [0.29, 0.717) is 25.4 Å². The van der Waals surface area contributed by atoms with Crippen molar-refractivity contribution in [3.05, 3.63) is 24.3 Å². The molecule has 0 aromatic heterocycles. The number of hydrogen-bond acceptors (Lipinski definition) is 6. The van der Waals surface area contributed by atoms with Gasteiger partial charge in [-0.2, -0.15) is 0 Å². The summed E-state index contributed by atoms with van der Waals surface area (Å²) in [6, 6.07) is 7.33. The van der Waals surface area contributed by atoms with E-state index in [-0.39, 0.29) is 6.10 Å². The van der Waals surface area contributed by atoms with Gasteiger partial charge < -0.3 is 19.1 Å². The second kappa shape index (κ2) is 11.8. The third-order valence-corrected chi connectivity index (χ3v) is 4.55. The highest BCUT2D eigenvalue weighted by Gasteiger charge is 2.21. The monoisotopic (exact) mass is 379 g/mol. The number of hydrogen-bond donors (Lipinski definition) is 1. The highest BCUT2D eigenvalue weighted by Crippen LogP contribution is 2.16. The van der Waals surface area contributed by atoms with Crippen LogP contribution in [0.5, 0.6) is 5.75 Å². The molecular formula is C20H33N3O4. The Kier molecular flexibility index (Phi) is 9.38. The van der Waals surface area contributed by atoms with Gasteiger partial charge in [0.1, 0.15) is 11.9 Å². The lowest BCUT2D eigenvalue weighted by Gasteiger charge is -2.34. The van der Waals surface area contributed by atoms with Gasteiger partial charge in [-0.3, -0.25) is 10.2 Å². The first-order chi connectivity index (χ1) is 13.1. The molecule has 7 nitrogen and oxygen atoms in total. The zero-order valence-corrected chi connectivity index (χ0v) is 16.8. The minimum absolute atomic E-state index is 0.296. The summed E-state index contributed by atoms with van der Waals surface area (Å²) in [5.74, 6) is 0.801. The van der Waals surface area contributed by atoms with Crippen LogP contribution in [0, 0.1) is 0 Å². The summed E-state index contributed by atoms with van der Waals surface area (Å²) < 4.78 is 16.4. The Hall–Kier alpha value is -1.83. The van der Waals surface area contributed by atoms with Gasteiger partial charge in [0.15, 0.2) is 0 Å². The van der Waals surface area contributed by atoms with Gasteiger partial charge in [-0.05, 0) is 37.7 Å². The van der Waals surface area contributed by atoms with Gasteiger partial charge in [-0.15, -0.1) is 0 Å². The van der Waals surface area contributed by atoms with Crippen LogP contribution < -0.4 is 10.1 Å². The van der Waals surface area contributed by atoms with Gasteiger partial charge >= 0.3 is 6.09 Å². The van der Waals surface area contributed by atoms with E-state index in [4.69, 9.17) is 14.2 Å². The number of unbranched alkanes of at least 4 members (excludes halogenated alkanes) is 1. The molecule has 1 fully saturated rings. The van der Waals surface area contributed by atoms with Gasteiger partial charge in [-0.25, -0.2) is 4.79 Å². The van der Waals surface area contributed by atoms with Crippen LogP contribution in [0.3, 0.4) is 0 Å². The van der Waals surface area contributed by atoms with Gasteiger partial charge in [0, 0.05) is 45.5 Å². The van der Waals surface area contributed by atoms with Crippen molar-refractivity contribution in [2.45, 2.75) is 25.9 Å². The number of rotatable bonds is 10. The molecule has 1 aliphatic rings. The molecule has 1 aliphatic heterocycles. The van der Waals surface area contributed by atoms with Crippen LogP contribution in [0.1, 0.15) is 19.8 Å². The fourth-order valence-electron chi connectivity index (χ4n) is 2.90. The van der Waals surface area contributed by atoms with E-state index in [1.807, 2.05) is 24.3 Å². The predicted molar refractivity (Wildman–Crippen MR) is 107 cm³/mol. The maximum atomic E-state index is 12.2. The number of carbonyl (C=O) groups is 1. The average molecular weight is 380 g/mol. The Labute approximate surface area is 162 Å². The molecule has 1 aromatic carbocycles. The van der Waals surface area contributed by atoms with Crippen LogP contribution in [-0.4, -0.2) is 82.1 Å². The molecule has 1 saturated heterocycles. The van der Waals surface area contributed by atoms with E-state index in [1.165, 1.54) is 0 Å². The molecule has 0 aliphatic carbocycles. The van der Waals surface area contributed by atoms with Crippen LogP contribution in [0.4, 0.5) is 10.5 Å². The van der Waals surface area contributed by atoms with Crippen molar-refractivity contribution in [2.75, 3.05) is 65.4 Å². The third-order valence-electron chi connectivity index (χ3n) is 4.55. The summed E-state index contributed by atoms with van der Waals surface area (Å²) in [4.78, 5) is 16.8. The lowest BCUT2D eigenvalue weighted by atomic mass is 10.2. The predicted octanol–water partition coefficient (Wildman–Crippen LogP) is 2.68. The average Bonchev–Trinajstić information content (AvgIpc) is 2.65. The molecule has 0 saturated carbocycles. The molecule has 0 bridgehead atoms. The number of ether oxygens (including phenoxy) is 3. The smallest absolute Gasteiger partial charge is 0.412 e. The van der Waals surface area contributed by atoms with Gasteiger partial charge in [0.25, 0.3) is 0 Å². The summed E-state index contributed by atoms with van der Waals surface area (Å²) >= 11 is 0. The maximum Gasteiger partial charge on any atom is 0.412 e. The lowest BCUT2D eigenvalue weighted by molar-refractivity contribution is 0.0157. The van der Waals surface area contributed by atoms with E-state index in [2.05, 4.69) is 29.1 Å². The highest BCUT2D eigenvalue weighted by molar-refractivity contribution is 5.84. The van der Waals surface area contributed by atoms with E-state index in [0.717, 1.165) is 44.8 Å². The minimum Gasteiger partial charge on any atom is -0.494 e. The van der Waals surface area contributed by atoms with E-state index in [1.54, 1.807) is 7.11 Å². The molecule has 0 spiro atoms. The lowest BCUT2D eigenvalue weighted by Crippen LogP contribution is -2.48. The number of amides is 1. The quantitative estimate of drug-likeness (QED) is 0.631. The summed E-state index contributed by atoms with van der Waals surface area (Å²) in [5, 5.41) is 2.77. The first-order valence-electron chi connectivity index (χ1n) is 9.71. The van der Waals surface area contributed by atoms with Gasteiger partial charge in [-0.1, -0.05) is 13.3 Å². The number of methoxy groups -OCH3 is 1. The molecule has 27 heavy (non-hydrogen) atoms. The molecule has 1 amide bonds. The number of anilines is 1. The number of nitrogens with one attached hydrogen (secondary N) is 1. The van der Waals surface area contributed by atoms with Crippen molar-refractivity contribution in [2.24, 2.45) is 0 Å². The summed E-state index contributed by atoms with van der Waals surface area (Å²) in [6.07, 6.45) is 1.36. The Morgan fingerprint density at radius 3 is 2.52 bits per heavy atom. The largest absolute Gasteiger partial charge is 0.494 e. The van der Waals surface area contributed by atoms with Crippen LogP contribution in [-0.2, 0) is 9.47 Å². The Morgan fingerprint density at radius 1 is 1.19 bits per heavy atom. The van der Waals surface area contributed by atoms with Crippen molar-refractivity contribution < 1.29 is 19.0 Å². The molecule has 1 heterocycles. The van der Waals surface area contributed by atoms with Crippen LogP contribution >= 0.6 is 0 Å². The van der Waals surface area contributed by atoms with E-state index in [9.17, 15) is 4.79 Å². The van der Waals surface area contributed by atoms with Crippen LogP contribution in [0.2, 0.25) is 0 Å². The molecule has 7 heteroatoms. The highest BCUT2D eigenvalue weighted by atomic mass is 16.6. The fourth-order valence-corrected chi connectivity index (χ4v) is 2.90. The van der Waals surface area contributed by atoms with Crippen LogP contribution in [0.25, 0.3) is 0 Å². The van der Waals surface area contributed by atoms with E-state index >= 15 is 0 Å². The molecule has 1 aromatic rings. The summed E-state index contributed by atoms with van der Waals surface area (Å²) in [6.45, 7) is 7.89. The van der Waals surface area contributed by atoms with Gasteiger partial charge in [0.05, 0.1) is 13.2 Å². The minimum atomic E-state index is -0.467. The van der Waals surface area contributed by atoms with Crippen molar-refractivity contribution >= 4 is 11.8 Å². The van der Waals surface area contributed by atoms with Gasteiger partial charge in [0.2, 0.25) is 0 Å². The number of nitrogens with zero attached hydrogens (tertiary/aromatic N) is 2. The second-order valence-electron chi connectivity index (χ2n) is 6.94. The van der Waals surface area contributed by atoms with Crippen molar-refractivity contribution in [1.82, 2.24) is 9.80 Å². The van der Waals surface area contributed by atoms with Crippen LogP contribution in [0.15, 0.2) is 24.3 Å². The number of carbonyl (C=O) groups excluding carboxylic acids is 1. The van der Waals surface area contributed by atoms with Crippen molar-refractivity contribution in [3.8, 4) is 5.75 Å². The van der Waals surface area contributed by atoms with E-state index < -0.39 is 6.09 Å². The Bertz CT molecular complexity index is 545. The third kappa shape index (κ3) is 8.15. The van der Waals surface area contributed by atoms with Crippen molar-refractivity contribution in [1.29, 1.82) is 0 Å². The normalized spacial score (nSPS) is 16.7. The standard InChI is InChI=1S/C20H33N3O4/c1-4-5-14-26-18-8-6-17(7-9-18)21-20(24)27-19(16-25-3)15-23-12-10-22(2)11-13-23/h6-9,19H,4-5,10-16H2,1-3H3,(H,21,24). The van der Waals surface area contributed by atoms with Crippen molar-refractivity contribution in [3.63, 3.8) is 0 Å². The topological polar surface area (TPSA) is 63.3 Å². The molecule has 1 unspecified atom stereocenters. The number of piperazine rings is 1.